The lowest BCUT2D eigenvalue weighted by Gasteiger charge is -2.37. The first-order valence-electron chi connectivity index (χ1n) is 10.4. The molecule has 2 heterocycles. The van der Waals surface area contributed by atoms with E-state index in [0.717, 1.165) is 41.5 Å². The Kier molecular flexibility index (Phi) is 7.60. The van der Waals surface area contributed by atoms with E-state index in [4.69, 9.17) is 19.9 Å². The average molecular weight is 445 g/mol. The second kappa shape index (κ2) is 10.4. The van der Waals surface area contributed by atoms with Crippen LogP contribution >= 0.6 is 0 Å². The molecule has 1 fully saturated rings. The quantitative estimate of drug-likeness (QED) is 0.350. The zero-order chi connectivity index (χ0) is 23.3. The smallest absolute Gasteiger partial charge is 0.240 e. The molecule has 0 amide bonds. The van der Waals surface area contributed by atoms with Crippen LogP contribution in [0.4, 0.5) is 11.4 Å². The molecule has 3 rings (SSSR count). The number of anilines is 1. The Labute approximate surface area is 188 Å². The fraction of sp³-hybridized carbons (Fsp3) is 0.455. The summed E-state index contributed by atoms with van der Waals surface area (Å²) in [6.45, 7) is 6.52. The van der Waals surface area contributed by atoms with Crippen molar-refractivity contribution >= 4 is 17.3 Å². The third-order valence-corrected chi connectivity index (χ3v) is 5.49. The molecule has 1 aliphatic heterocycles. The van der Waals surface area contributed by atoms with Crippen LogP contribution in [0, 0.1) is 6.92 Å². The highest BCUT2D eigenvalue weighted by atomic mass is 16.5. The van der Waals surface area contributed by atoms with Gasteiger partial charge in [-0.25, -0.2) is 15.5 Å². The Balaban J connectivity index is 1.80. The normalized spacial score (nSPS) is 15.4. The van der Waals surface area contributed by atoms with Gasteiger partial charge in [-0.1, -0.05) is 0 Å². The molecule has 174 valence electrons. The van der Waals surface area contributed by atoms with Gasteiger partial charge in [0.2, 0.25) is 11.8 Å². The number of benzene rings is 1. The molecule has 1 atom stereocenters. The summed E-state index contributed by atoms with van der Waals surface area (Å²) in [6.07, 6.45) is 0. The van der Waals surface area contributed by atoms with Crippen LogP contribution in [0.5, 0.6) is 17.4 Å². The molecule has 0 bridgehead atoms. The number of ether oxygens (including phenoxy) is 3. The first kappa shape index (κ1) is 23.4. The zero-order valence-electron chi connectivity index (χ0n) is 19.3. The largest absolute Gasteiger partial charge is 0.497 e. The van der Waals surface area contributed by atoms with Crippen LogP contribution in [0.2, 0.25) is 0 Å². The van der Waals surface area contributed by atoms with Gasteiger partial charge in [0.1, 0.15) is 17.2 Å². The SMILES string of the molecule is COc1cc(OC)cc(N2CCN(C(=Nc3cc(C(C)N)c(C)nc3OC)NO)CC2)c1. The Hall–Kier alpha value is -3.24. The molecule has 1 saturated heterocycles. The Bertz CT molecular complexity index is 935. The molecule has 0 aliphatic carbocycles. The molecule has 4 N–H and O–H groups in total. The number of hydrogen-bond donors (Lipinski definition) is 3. The Morgan fingerprint density at radius 1 is 1.06 bits per heavy atom. The predicted octanol–water partition coefficient (Wildman–Crippen LogP) is 2.22. The third-order valence-electron chi connectivity index (χ3n) is 5.49. The van der Waals surface area contributed by atoms with Crippen molar-refractivity contribution in [1.29, 1.82) is 0 Å². The molecule has 10 heteroatoms. The van der Waals surface area contributed by atoms with E-state index >= 15 is 0 Å². The number of piperazine rings is 1. The lowest BCUT2D eigenvalue weighted by Crippen LogP contribution is -2.52. The molecule has 32 heavy (non-hydrogen) atoms. The van der Waals surface area contributed by atoms with Crippen LogP contribution in [0.15, 0.2) is 29.3 Å². The number of aromatic nitrogens is 1. The van der Waals surface area contributed by atoms with Gasteiger partial charge in [0, 0.05) is 61.8 Å². The predicted molar refractivity (Wildman–Crippen MR) is 123 cm³/mol. The van der Waals surface area contributed by atoms with Gasteiger partial charge in [-0.3, -0.25) is 5.21 Å². The van der Waals surface area contributed by atoms with Crippen molar-refractivity contribution in [3.8, 4) is 17.4 Å². The number of hydroxylamine groups is 1. The van der Waals surface area contributed by atoms with E-state index in [0.29, 0.717) is 30.6 Å². The highest BCUT2D eigenvalue weighted by Gasteiger charge is 2.22. The van der Waals surface area contributed by atoms with Gasteiger partial charge in [-0.15, -0.1) is 0 Å². The summed E-state index contributed by atoms with van der Waals surface area (Å²) in [5.74, 6) is 2.18. The molecule has 0 saturated carbocycles. The highest BCUT2D eigenvalue weighted by Crippen LogP contribution is 2.31. The maximum atomic E-state index is 9.80. The van der Waals surface area contributed by atoms with Gasteiger partial charge in [0.05, 0.1) is 21.3 Å². The minimum atomic E-state index is -0.198. The summed E-state index contributed by atoms with van der Waals surface area (Å²) in [4.78, 5) is 13.3. The molecule has 0 radical (unpaired) electrons. The number of aliphatic imine (C=N–C) groups is 1. The highest BCUT2D eigenvalue weighted by molar-refractivity contribution is 5.83. The molecule has 2 aromatic rings. The van der Waals surface area contributed by atoms with Gasteiger partial charge < -0.3 is 29.7 Å². The van der Waals surface area contributed by atoms with Crippen molar-refractivity contribution < 1.29 is 19.4 Å². The minimum absolute atomic E-state index is 0.198. The van der Waals surface area contributed by atoms with Crippen LogP contribution in [0.3, 0.4) is 0 Å². The lowest BCUT2D eigenvalue weighted by molar-refractivity contribution is 0.207. The number of hydrogen-bond acceptors (Lipinski definition) is 8. The van der Waals surface area contributed by atoms with Crippen molar-refractivity contribution in [2.75, 3.05) is 52.4 Å². The van der Waals surface area contributed by atoms with Crippen LogP contribution in [0.1, 0.15) is 24.2 Å². The van der Waals surface area contributed by atoms with Crippen LogP contribution in [0.25, 0.3) is 0 Å². The summed E-state index contributed by atoms with van der Waals surface area (Å²) in [5, 5.41) is 9.80. The van der Waals surface area contributed by atoms with E-state index in [2.05, 4.69) is 20.4 Å². The van der Waals surface area contributed by atoms with Crippen molar-refractivity contribution in [3.05, 3.63) is 35.5 Å². The lowest BCUT2D eigenvalue weighted by atomic mass is 10.1. The first-order chi connectivity index (χ1) is 15.4. The van der Waals surface area contributed by atoms with Gasteiger partial charge >= 0.3 is 0 Å². The van der Waals surface area contributed by atoms with E-state index < -0.39 is 0 Å². The summed E-state index contributed by atoms with van der Waals surface area (Å²) < 4.78 is 16.2. The monoisotopic (exact) mass is 444 g/mol. The summed E-state index contributed by atoms with van der Waals surface area (Å²) in [5.41, 5.74) is 11.5. The van der Waals surface area contributed by atoms with Crippen molar-refractivity contribution in [3.63, 3.8) is 0 Å². The van der Waals surface area contributed by atoms with Crippen LogP contribution in [-0.2, 0) is 0 Å². The Morgan fingerprint density at radius 3 is 2.19 bits per heavy atom. The van der Waals surface area contributed by atoms with Crippen molar-refractivity contribution in [1.82, 2.24) is 15.4 Å². The average Bonchev–Trinajstić information content (AvgIpc) is 2.82. The number of nitrogens with two attached hydrogens (primary N) is 1. The summed E-state index contributed by atoms with van der Waals surface area (Å²) in [6, 6.07) is 7.46. The number of nitrogens with zero attached hydrogens (tertiary/aromatic N) is 4. The second-order valence-electron chi connectivity index (χ2n) is 7.57. The van der Waals surface area contributed by atoms with E-state index in [9.17, 15) is 5.21 Å². The fourth-order valence-electron chi connectivity index (χ4n) is 3.71. The number of nitrogens with one attached hydrogen (secondary N) is 1. The van der Waals surface area contributed by atoms with Crippen molar-refractivity contribution in [2.24, 2.45) is 10.7 Å². The van der Waals surface area contributed by atoms with Crippen LogP contribution < -0.4 is 30.3 Å². The maximum absolute atomic E-state index is 9.80. The molecular formula is C22H32N6O4. The topological polar surface area (TPSA) is 118 Å². The van der Waals surface area contributed by atoms with Gasteiger partial charge in [0.25, 0.3) is 0 Å². The van der Waals surface area contributed by atoms with E-state index in [1.165, 1.54) is 0 Å². The number of rotatable bonds is 6. The number of aryl methyl sites for hydroxylation is 1. The van der Waals surface area contributed by atoms with Gasteiger partial charge in [0.15, 0.2) is 0 Å². The van der Waals surface area contributed by atoms with E-state index in [-0.39, 0.29) is 6.04 Å². The molecule has 10 nitrogen and oxygen atoms in total. The second-order valence-corrected chi connectivity index (χ2v) is 7.57. The third kappa shape index (κ3) is 5.14. The van der Waals surface area contributed by atoms with E-state index in [1.807, 2.05) is 43.0 Å². The number of pyridine rings is 1. The summed E-state index contributed by atoms with van der Waals surface area (Å²) in [7, 11) is 4.81. The molecule has 1 aromatic heterocycles. The summed E-state index contributed by atoms with van der Waals surface area (Å²) >= 11 is 0. The first-order valence-corrected chi connectivity index (χ1v) is 10.4. The van der Waals surface area contributed by atoms with Gasteiger partial charge in [-0.2, -0.15) is 0 Å². The molecular weight excluding hydrogens is 412 g/mol. The number of guanidine groups is 1. The van der Waals surface area contributed by atoms with E-state index in [1.54, 1.807) is 21.3 Å². The van der Waals surface area contributed by atoms with Gasteiger partial charge in [-0.05, 0) is 25.5 Å². The minimum Gasteiger partial charge on any atom is -0.497 e. The zero-order valence-corrected chi connectivity index (χ0v) is 19.3. The maximum Gasteiger partial charge on any atom is 0.240 e. The molecule has 1 unspecified atom stereocenters. The van der Waals surface area contributed by atoms with Crippen LogP contribution in [-0.4, -0.2) is 68.6 Å². The standard InChI is InChI=1S/C22H32N6O4/c1-14(23)19-13-20(21(32-5)24-15(19)2)25-22(26-29)28-8-6-27(7-9-28)16-10-17(30-3)12-18(11-16)31-4/h10-14,29H,6-9,23H2,1-5H3,(H,25,26). The molecule has 0 spiro atoms. The molecule has 1 aromatic carbocycles. The number of methoxy groups -OCH3 is 3. The Morgan fingerprint density at radius 2 is 1.69 bits per heavy atom. The van der Waals surface area contributed by atoms with Crippen molar-refractivity contribution in [2.45, 2.75) is 19.9 Å². The molecule has 1 aliphatic rings. The fourth-order valence-corrected chi connectivity index (χ4v) is 3.71.